The smallest absolute Gasteiger partial charge is 0.136 e. The van der Waals surface area contributed by atoms with Gasteiger partial charge in [0.2, 0.25) is 0 Å². The fraction of sp³-hybridized carbons (Fsp3) is 0.121. The zero-order chi connectivity index (χ0) is 47.0. The minimum Gasteiger partial charge on any atom is -0.456 e. The summed E-state index contributed by atoms with van der Waals surface area (Å²) in [6.07, 6.45) is 0. The second-order valence-electron chi connectivity index (χ2n) is 20.5. The van der Waals surface area contributed by atoms with Gasteiger partial charge in [-0.3, -0.25) is 0 Å². The minimum atomic E-state index is -0.0261. The van der Waals surface area contributed by atoms with Crippen LogP contribution < -0.4 is 4.90 Å². The Kier molecular flexibility index (Phi) is 9.97. The maximum Gasteiger partial charge on any atom is 0.136 e. The molecule has 3 nitrogen and oxygen atoms in total. The van der Waals surface area contributed by atoms with Crippen molar-refractivity contribution in [2.45, 2.75) is 52.4 Å². The molecule has 0 radical (unpaired) electrons. The van der Waals surface area contributed by atoms with Crippen molar-refractivity contribution in [1.29, 1.82) is 0 Å². The topological polar surface area (TPSA) is 21.3 Å². The van der Waals surface area contributed by atoms with E-state index >= 15 is 0 Å². The zero-order valence-electron chi connectivity index (χ0n) is 40.1. The molecule has 0 saturated heterocycles. The Hall–Kier alpha value is -8.14. The lowest BCUT2D eigenvalue weighted by molar-refractivity contribution is 0.569. The van der Waals surface area contributed by atoms with Crippen LogP contribution in [0.1, 0.15) is 52.7 Å². The SMILES string of the molecule is CC(C)(C)c1cc(-c2cccc3cccc(-c4ccccc4N(c4ccccc4-c4cccc5oc6ccccc6c45)c4cccc5c4c4ccccc4n5-c4ccccc4)c23)cc(C(C)(C)C)c1. The average Bonchev–Trinajstić information content (AvgIpc) is 3.93. The van der Waals surface area contributed by atoms with E-state index in [-0.39, 0.29) is 10.8 Å². The quantitative estimate of drug-likeness (QED) is 0.159. The summed E-state index contributed by atoms with van der Waals surface area (Å²) in [4.78, 5) is 2.54. The normalized spacial score (nSPS) is 12.2. The lowest BCUT2D eigenvalue weighted by Crippen LogP contribution is -2.16. The highest BCUT2D eigenvalue weighted by atomic mass is 16.3. The van der Waals surface area contributed by atoms with Crippen LogP contribution in [0, 0.1) is 0 Å². The molecular formula is C66H54N2O. The molecule has 3 heteroatoms. The summed E-state index contributed by atoms with van der Waals surface area (Å²) in [5.41, 5.74) is 18.1. The highest BCUT2D eigenvalue weighted by Gasteiger charge is 2.28. The first-order chi connectivity index (χ1) is 33.5. The van der Waals surface area contributed by atoms with Crippen LogP contribution in [0.5, 0.6) is 0 Å². The molecule has 0 amide bonds. The van der Waals surface area contributed by atoms with Crippen LogP contribution in [0.4, 0.5) is 17.1 Å². The second-order valence-corrected chi connectivity index (χ2v) is 20.5. The predicted molar refractivity (Wildman–Crippen MR) is 294 cm³/mol. The Morgan fingerprint density at radius 1 is 0.362 bits per heavy atom. The summed E-state index contributed by atoms with van der Waals surface area (Å²) < 4.78 is 8.95. The summed E-state index contributed by atoms with van der Waals surface area (Å²) in [6.45, 7) is 13.9. The van der Waals surface area contributed by atoms with Crippen LogP contribution in [0.15, 0.2) is 223 Å². The van der Waals surface area contributed by atoms with Crippen LogP contribution in [0.2, 0.25) is 0 Å². The van der Waals surface area contributed by atoms with E-state index in [1.807, 2.05) is 6.07 Å². The van der Waals surface area contributed by atoms with E-state index in [2.05, 4.69) is 263 Å². The minimum absolute atomic E-state index is 0.0261. The highest BCUT2D eigenvalue weighted by Crippen LogP contribution is 2.51. The van der Waals surface area contributed by atoms with E-state index in [0.29, 0.717) is 0 Å². The van der Waals surface area contributed by atoms with Gasteiger partial charge in [-0.25, -0.2) is 0 Å². The van der Waals surface area contributed by atoms with E-state index in [1.54, 1.807) is 0 Å². The fourth-order valence-electron chi connectivity index (χ4n) is 10.7. The Bertz CT molecular complexity index is 3890. The van der Waals surface area contributed by atoms with E-state index in [1.165, 1.54) is 49.4 Å². The molecule has 0 aliphatic heterocycles. The Balaban J connectivity index is 1.18. The van der Waals surface area contributed by atoms with Gasteiger partial charge in [0.05, 0.1) is 28.1 Å². The van der Waals surface area contributed by atoms with Crippen molar-refractivity contribution in [3.8, 4) is 39.1 Å². The summed E-state index contributed by atoms with van der Waals surface area (Å²) >= 11 is 0. The van der Waals surface area contributed by atoms with Crippen molar-refractivity contribution >= 4 is 71.6 Å². The second kappa shape index (κ2) is 16.3. The van der Waals surface area contributed by atoms with Crippen LogP contribution in [-0.2, 0) is 10.8 Å². The van der Waals surface area contributed by atoms with Crippen LogP contribution in [0.25, 0.3) is 93.6 Å². The third-order valence-corrected chi connectivity index (χ3v) is 14.1. The third-order valence-electron chi connectivity index (χ3n) is 14.1. The highest BCUT2D eigenvalue weighted by molar-refractivity contribution is 6.19. The predicted octanol–water partition coefficient (Wildman–Crippen LogP) is 18.9. The van der Waals surface area contributed by atoms with Gasteiger partial charge in [-0.05, 0) is 110 Å². The number of fused-ring (bicyclic) bond motifs is 7. The molecule has 12 aromatic rings. The molecule has 0 unspecified atom stereocenters. The summed E-state index contributed by atoms with van der Waals surface area (Å²) in [5.74, 6) is 0. The van der Waals surface area contributed by atoms with E-state index in [4.69, 9.17) is 4.42 Å². The standard InChI is InChI=1S/C66H54N2O/c1-65(2,3)45-40-44(41-46(42-45)66(4,5)6)48-30-18-22-43-23-19-31-51(62(43)48)49-26-10-14-33-55(49)68(56-34-15-11-27-50(56)52-32-20-39-61-63(52)54-29-13-17-38-60(54)69-61)59-37-21-36-58-64(59)53-28-12-16-35-57(53)67(58)47-24-8-7-9-25-47/h7-42H,1-6H3. The molecule has 0 spiro atoms. The number of nitrogens with zero attached hydrogens (tertiary/aromatic N) is 2. The Morgan fingerprint density at radius 2 is 0.855 bits per heavy atom. The largest absolute Gasteiger partial charge is 0.456 e. The molecule has 0 bridgehead atoms. The first-order valence-corrected chi connectivity index (χ1v) is 24.2. The monoisotopic (exact) mass is 890 g/mol. The first-order valence-electron chi connectivity index (χ1n) is 24.2. The molecule has 0 saturated carbocycles. The van der Waals surface area contributed by atoms with Crippen LogP contribution in [0.3, 0.4) is 0 Å². The molecule has 69 heavy (non-hydrogen) atoms. The number of anilines is 3. The van der Waals surface area contributed by atoms with Gasteiger partial charge in [0.25, 0.3) is 0 Å². The van der Waals surface area contributed by atoms with Crippen molar-refractivity contribution in [3.05, 3.63) is 230 Å². The van der Waals surface area contributed by atoms with Gasteiger partial charge in [-0.15, -0.1) is 0 Å². The molecule has 2 heterocycles. The first kappa shape index (κ1) is 42.2. The molecule has 12 rings (SSSR count). The van der Waals surface area contributed by atoms with Gasteiger partial charge in [0.15, 0.2) is 0 Å². The maximum absolute atomic E-state index is 6.54. The van der Waals surface area contributed by atoms with Crippen LogP contribution >= 0.6 is 0 Å². The van der Waals surface area contributed by atoms with E-state index in [9.17, 15) is 0 Å². The molecule has 2 aromatic heterocycles. The van der Waals surface area contributed by atoms with Crippen molar-refractivity contribution in [1.82, 2.24) is 4.57 Å². The van der Waals surface area contributed by atoms with Gasteiger partial charge in [0.1, 0.15) is 11.2 Å². The maximum atomic E-state index is 6.54. The van der Waals surface area contributed by atoms with Gasteiger partial charge >= 0.3 is 0 Å². The van der Waals surface area contributed by atoms with E-state index < -0.39 is 0 Å². The number of hydrogen-bond acceptors (Lipinski definition) is 2. The lowest BCUT2D eigenvalue weighted by atomic mass is 9.78. The third kappa shape index (κ3) is 7.11. The Labute approximate surface area is 404 Å². The molecule has 0 aliphatic rings. The van der Waals surface area contributed by atoms with Gasteiger partial charge in [-0.2, -0.15) is 0 Å². The number of hydrogen-bond donors (Lipinski definition) is 0. The molecule has 334 valence electrons. The Morgan fingerprint density at radius 3 is 1.54 bits per heavy atom. The molecule has 0 atom stereocenters. The van der Waals surface area contributed by atoms with Crippen molar-refractivity contribution in [3.63, 3.8) is 0 Å². The summed E-state index contributed by atoms with van der Waals surface area (Å²) in [6, 6.07) is 80.1. The summed E-state index contributed by atoms with van der Waals surface area (Å²) in [7, 11) is 0. The van der Waals surface area contributed by atoms with E-state index in [0.717, 1.165) is 72.4 Å². The lowest BCUT2D eigenvalue weighted by Gasteiger charge is -2.31. The van der Waals surface area contributed by atoms with Gasteiger partial charge in [-0.1, -0.05) is 205 Å². The number of para-hydroxylation sites is 5. The summed E-state index contributed by atoms with van der Waals surface area (Å²) in [5, 5.41) is 7.03. The van der Waals surface area contributed by atoms with Crippen molar-refractivity contribution in [2.24, 2.45) is 0 Å². The number of rotatable bonds is 7. The van der Waals surface area contributed by atoms with Gasteiger partial charge < -0.3 is 13.9 Å². The molecule has 10 aromatic carbocycles. The number of benzene rings is 10. The zero-order valence-corrected chi connectivity index (χ0v) is 40.1. The van der Waals surface area contributed by atoms with Crippen LogP contribution in [-0.4, -0.2) is 4.57 Å². The van der Waals surface area contributed by atoms with Crippen molar-refractivity contribution in [2.75, 3.05) is 4.90 Å². The molecule has 0 aliphatic carbocycles. The number of furan rings is 1. The molecule has 0 N–H and O–H groups in total. The fourth-order valence-corrected chi connectivity index (χ4v) is 10.7. The van der Waals surface area contributed by atoms with Gasteiger partial charge in [0, 0.05) is 38.4 Å². The molecular weight excluding hydrogens is 837 g/mol. The number of aromatic nitrogens is 1. The average molecular weight is 891 g/mol. The molecule has 0 fully saturated rings. The van der Waals surface area contributed by atoms with Crippen molar-refractivity contribution < 1.29 is 4.42 Å².